The molecule has 2 rings (SSSR count). The standard InChI is InChI=1S/C11H9F2N3/c1-6-4-7(12)2-3-8(6)10-9(13)5-15-11(14)16-10/h2-5H,1H3,(H2,14,15,16). The highest BCUT2D eigenvalue weighted by Crippen LogP contribution is 2.24. The monoisotopic (exact) mass is 221 g/mol. The third-order valence-electron chi connectivity index (χ3n) is 2.21. The molecule has 0 radical (unpaired) electrons. The Morgan fingerprint density at radius 3 is 2.69 bits per heavy atom. The van der Waals surface area contributed by atoms with Crippen LogP contribution in [0.1, 0.15) is 5.56 Å². The zero-order valence-corrected chi connectivity index (χ0v) is 8.54. The van der Waals surface area contributed by atoms with E-state index in [1.807, 2.05) is 0 Å². The van der Waals surface area contributed by atoms with Crippen molar-refractivity contribution in [2.75, 3.05) is 5.73 Å². The van der Waals surface area contributed by atoms with Crippen LogP contribution in [0.15, 0.2) is 24.4 Å². The van der Waals surface area contributed by atoms with Crippen LogP contribution in [0.25, 0.3) is 11.3 Å². The van der Waals surface area contributed by atoms with Crippen LogP contribution in [0.2, 0.25) is 0 Å². The minimum Gasteiger partial charge on any atom is -0.368 e. The van der Waals surface area contributed by atoms with Gasteiger partial charge in [0.25, 0.3) is 0 Å². The predicted octanol–water partition coefficient (Wildman–Crippen LogP) is 2.31. The van der Waals surface area contributed by atoms with E-state index in [0.717, 1.165) is 6.20 Å². The number of nitrogen functional groups attached to an aromatic ring is 1. The lowest BCUT2D eigenvalue weighted by atomic mass is 10.1. The van der Waals surface area contributed by atoms with Crippen LogP contribution < -0.4 is 5.73 Å². The second kappa shape index (κ2) is 3.84. The summed E-state index contributed by atoms with van der Waals surface area (Å²) in [6.07, 6.45) is 1.00. The molecule has 0 aliphatic rings. The Labute approximate surface area is 91.0 Å². The van der Waals surface area contributed by atoms with Gasteiger partial charge in [-0.15, -0.1) is 0 Å². The predicted molar refractivity (Wildman–Crippen MR) is 56.5 cm³/mol. The average molecular weight is 221 g/mol. The van der Waals surface area contributed by atoms with Crippen LogP contribution in [0.4, 0.5) is 14.7 Å². The number of hydrogen-bond acceptors (Lipinski definition) is 3. The Morgan fingerprint density at radius 2 is 2.00 bits per heavy atom. The highest BCUT2D eigenvalue weighted by Gasteiger charge is 2.11. The lowest BCUT2D eigenvalue weighted by Gasteiger charge is -2.06. The first-order valence-electron chi connectivity index (χ1n) is 4.62. The van der Waals surface area contributed by atoms with Gasteiger partial charge in [0.05, 0.1) is 6.20 Å². The molecule has 16 heavy (non-hydrogen) atoms. The fraction of sp³-hybridized carbons (Fsp3) is 0.0909. The summed E-state index contributed by atoms with van der Waals surface area (Å²) in [6, 6.07) is 4.03. The molecule has 0 amide bonds. The van der Waals surface area contributed by atoms with Crippen LogP contribution in [-0.2, 0) is 0 Å². The molecular weight excluding hydrogens is 212 g/mol. The molecular formula is C11H9F2N3. The van der Waals surface area contributed by atoms with E-state index in [1.54, 1.807) is 6.92 Å². The van der Waals surface area contributed by atoms with Crippen LogP contribution >= 0.6 is 0 Å². The molecule has 82 valence electrons. The molecule has 0 spiro atoms. The molecule has 0 bridgehead atoms. The second-order valence-electron chi connectivity index (χ2n) is 3.38. The van der Waals surface area contributed by atoms with Gasteiger partial charge in [-0.05, 0) is 30.7 Å². The van der Waals surface area contributed by atoms with Gasteiger partial charge in [0, 0.05) is 5.56 Å². The molecule has 2 aromatic rings. The first-order chi connectivity index (χ1) is 7.58. The summed E-state index contributed by atoms with van der Waals surface area (Å²) in [6.45, 7) is 1.68. The number of benzene rings is 1. The van der Waals surface area contributed by atoms with E-state index >= 15 is 0 Å². The average Bonchev–Trinajstić information content (AvgIpc) is 2.22. The van der Waals surface area contributed by atoms with Gasteiger partial charge in [-0.1, -0.05) is 0 Å². The summed E-state index contributed by atoms with van der Waals surface area (Å²) in [5.74, 6) is -0.965. The third-order valence-corrected chi connectivity index (χ3v) is 2.21. The van der Waals surface area contributed by atoms with Gasteiger partial charge in [-0.25, -0.2) is 18.7 Å². The van der Waals surface area contributed by atoms with Gasteiger partial charge >= 0.3 is 0 Å². The molecule has 0 unspecified atom stereocenters. The molecule has 0 atom stereocenters. The summed E-state index contributed by atoms with van der Waals surface area (Å²) >= 11 is 0. The number of rotatable bonds is 1. The van der Waals surface area contributed by atoms with Gasteiger partial charge in [-0.3, -0.25) is 0 Å². The Morgan fingerprint density at radius 1 is 1.25 bits per heavy atom. The Kier molecular flexibility index (Phi) is 2.52. The van der Waals surface area contributed by atoms with E-state index < -0.39 is 5.82 Å². The number of anilines is 1. The van der Waals surface area contributed by atoms with Crippen molar-refractivity contribution in [1.82, 2.24) is 9.97 Å². The van der Waals surface area contributed by atoms with E-state index in [2.05, 4.69) is 9.97 Å². The molecule has 3 nitrogen and oxygen atoms in total. The van der Waals surface area contributed by atoms with Gasteiger partial charge < -0.3 is 5.73 Å². The van der Waals surface area contributed by atoms with Gasteiger partial charge in [0.15, 0.2) is 5.82 Å². The lowest BCUT2D eigenvalue weighted by Crippen LogP contribution is -2.00. The van der Waals surface area contributed by atoms with Crippen molar-refractivity contribution in [3.8, 4) is 11.3 Å². The van der Waals surface area contributed by atoms with E-state index in [-0.39, 0.29) is 17.5 Å². The second-order valence-corrected chi connectivity index (χ2v) is 3.38. The lowest BCUT2D eigenvalue weighted by molar-refractivity contribution is 0.617. The van der Waals surface area contributed by atoms with Crippen molar-refractivity contribution in [3.63, 3.8) is 0 Å². The van der Waals surface area contributed by atoms with E-state index in [4.69, 9.17) is 5.73 Å². The fourth-order valence-corrected chi connectivity index (χ4v) is 1.46. The highest BCUT2D eigenvalue weighted by atomic mass is 19.1. The van der Waals surface area contributed by atoms with Crippen molar-refractivity contribution in [3.05, 3.63) is 41.6 Å². The zero-order chi connectivity index (χ0) is 11.7. The summed E-state index contributed by atoms with van der Waals surface area (Å²) in [4.78, 5) is 7.33. The quantitative estimate of drug-likeness (QED) is 0.803. The van der Waals surface area contributed by atoms with E-state index in [1.165, 1.54) is 18.2 Å². The van der Waals surface area contributed by atoms with Crippen molar-refractivity contribution in [2.24, 2.45) is 0 Å². The van der Waals surface area contributed by atoms with E-state index in [0.29, 0.717) is 11.1 Å². The van der Waals surface area contributed by atoms with Gasteiger partial charge in [0.1, 0.15) is 11.5 Å². The zero-order valence-electron chi connectivity index (χ0n) is 8.54. The minimum absolute atomic E-state index is 0.0138. The largest absolute Gasteiger partial charge is 0.368 e. The topological polar surface area (TPSA) is 51.8 Å². The SMILES string of the molecule is Cc1cc(F)ccc1-c1nc(N)ncc1F. The van der Waals surface area contributed by atoms with Gasteiger partial charge in [-0.2, -0.15) is 0 Å². The van der Waals surface area contributed by atoms with E-state index in [9.17, 15) is 8.78 Å². The van der Waals surface area contributed by atoms with Crippen LogP contribution in [0.3, 0.4) is 0 Å². The van der Waals surface area contributed by atoms with Crippen molar-refractivity contribution >= 4 is 5.95 Å². The molecule has 1 heterocycles. The minimum atomic E-state index is -0.580. The molecule has 0 aliphatic carbocycles. The summed E-state index contributed by atoms with van der Waals surface area (Å²) < 4.78 is 26.4. The highest BCUT2D eigenvalue weighted by molar-refractivity contribution is 5.64. The Hall–Kier alpha value is -2.04. The molecule has 1 aromatic carbocycles. The van der Waals surface area contributed by atoms with Crippen LogP contribution in [0, 0.1) is 18.6 Å². The first kappa shape index (κ1) is 10.5. The Balaban J connectivity index is 2.62. The smallest absolute Gasteiger partial charge is 0.220 e. The molecule has 0 saturated carbocycles. The number of nitrogens with zero attached hydrogens (tertiary/aromatic N) is 2. The summed E-state index contributed by atoms with van der Waals surface area (Å²) in [7, 11) is 0. The molecule has 0 fully saturated rings. The van der Waals surface area contributed by atoms with Crippen LogP contribution in [-0.4, -0.2) is 9.97 Å². The maximum absolute atomic E-state index is 13.5. The van der Waals surface area contributed by atoms with Crippen LogP contribution in [0.5, 0.6) is 0 Å². The number of aromatic nitrogens is 2. The number of halogens is 2. The third kappa shape index (κ3) is 1.84. The maximum Gasteiger partial charge on any atom is 0.220 e. The molecule has 1 aromatic heterocycles. The first-order valence-corrected chi connectivity index (χ1v) is 4.62. The fourth-order valence-electron chi connectivity index (χ4n) is 1.46. The molecule has 0 saturated heterocycles. The Bertz CT molecular complexity index is 541. The number of nitrogens with two attached hydrogens (primary N) is 1. The maximum atomic E-state index is 13.5. The van der Waals surface area contributed by atoms with Crippen molar-refractivity contribution in [1.29, 1.82) is 0 Å². The summed E-state index contributed by atoms with van der Waals surface area (Å²) in [5, 5.41) is 0. The van der Waals surface area contributed by atoms with Crippen molar-refractivity contribution in [2.45, 2.75) is 6.92 Å². The molecule has 2 N–H and O–H groups in total. The van der Waals surface area contributed by atoms with Crippen molar-refractivity contribution < 1.29 is 8.78 Å². The number of aryl methyl sites for hydroxylation is 1. The van der Waals surface area contributed by atoms with Gasteiger partial charge in [0.2, 0.25) is 5.95 Å². The summed E-state index contributed by atoms with van der Waals surface area (Å²) in [5.41, 5.74) is 6.57. The molecule has 5 heteroatoms. The normalized spacial score (nSPS) is 10.4. The molecule has 0 aliphatic heterocycles. The number of hydrogen-bond donors (Lipinski definition) is 1.